The minimum absolute atomic E-state index is 0.0674. The van der Waals surface area contributed by atoms with Crippen LogP contribution in [-0.2, 0) is 6.54 Å². The highest BCUT2D eigenvalue weighted by atomic mass is 19.1. The summed E-state index contributed by atoms with van der Waals surface area (Å²) in [7, 11) is 0. The fraction of sp³-hybridized carbons (Fsp3) is 0.0882. The average Bonchev–Trinajstić information content (AvgIpc) is 3.30. The number of carboxylic acid groups (broad SMARTS) is 1. The van der Waals surface area contributed by atoms with Gasteiger partial charge in [0.25, 0.3) is 5.91 Å². The highest BCUT2D eigenvalue weighted by molar-refractivity contribution is 6.06. The number of benzene rings is 5. The summed E-state index contributed by atoms with van der Waals surface area (Å²) >= 11 is 0. The Hall–Kier alpha value is -5.57. The van der Waals surface area contributed by atoms with Crippen LogP contribution in [0, 0.1) is 11.6 Å². The molecule has 1 aromatic heterocycles. The number of carbonyl (C=O) groups excluding carboxylic acids is 1. The second kappa shape index (κ2) is 11.0. The first-order valence-electron chi connectivity index (χ1n) is 13.4. The highest BCUT2D eigenvalue weighted by Gasteiger charge is 2.23. The van der Waals surface area contributed by atoms with Crippen molar-refractivity contribution < 1.29 is 27.9 Å². The smallest absolute Gasteiger partial charge is 0.420 e. The Bertz CT molecular complexity index is 2080. The third-order valence-corrected chi connectivity index (χ3v) is 7.36. The molecule has 5 aromatic carbocycles. The van der Waals surface area contributed by atoms with Gasteiger partial charge >= 0.3 is 11.7 Å². The quantitative estimate of drug-likeness (QED) is 0.214. The van der Waals surface area contributed by atoms with E-state index in [9.17, 15) is 28.3 Å². The average molecular weight is 579 g/mol. The van der Waals surface area contributed by atoms with Gasteiger partial charge in [-0.1, -0.05) is 48.5 Å². The summed E-state index contributed by atoms with van der Waals surface area (Å²) in [5, 5.41) is 14.1. The van der Waals surface area contributed by atoms with Crippen LogP contribution >= 0.6 is 0 Å². The summed E-state index contributed by atoms with van der Waals surface area (Å²) in [4.78, 5) is 38.2. The summed E-state index contributed by atoms with van der Waals surface area (Å²) in [5.74, 6) is -3.92. The first kappa shape index (κ1) is 27.6. The molecule has 6 rings (SSSR count). The molecular weight excluding hydrogens is 554 g/mol. The Balaban J connectivity index is 1.45. The molecule has 1 heterocycles. The number of nitrogens with zero attached hydrogens (tertiary/aromatic N) is 1. The van der Waals surface area contributed by atoms with Crippen molar-refractivity contribution >= 4 is 33.7 Å². The van der Waals surface area contributed by atoms with Crippen molar-refractivity contribution in [2.24, 2.45) is 0 Å². The lowest BCUT2D eigenvalue weighted by Crippen LogP contribution is -2.28. The number of fused-ring (bicyclic) bond motifs is 2. The van der Waals surface area contributed by atoms with Crippen LogP contribution in [0.2, 0.25) is 0 Å². The van der Waals surface area contributed by atoms with E-state index in [0.29, 0.717) is 5.56 Å². The summed E-state index contributed by atoms with van der Waals surface area (Å²) < 4.78 is 35.2. The Kier molecular flexibility index (Phi) is 7.07. The Morgan fingerprint density at radius 2 is 1.53 bits per heavy atom. The van der Waals surface area contributed by atoms with Crippen LogP contribution in [0.1, 0.15) is 44.8 Å². The second-order valence-electron chi connectivity index (χ2n) is 10.3. The van der Waals surface area contributed by atoms with Gasteiger partial charge in [0.15, 0.2) is 5.58 Å². The molecule has 0 saturated carbocycles. The lowest BCUT2D eigenvalue weighted by Gasteiger charge is -2.16. The largest absolute Gasteiger partial charge is 0.478 e. The van der Waals surface area contributed by atoms with Crippen LogP contribution in [0.3, 0.4) is 0 Å². The predicted octanol–water partition coefficient (Wildman–Crippen LogP) is 6.93. The van der Waals surface area contributed by atoms with E-state index in [4.69, 9.17) is 4.42 Å². The molecule has 43 heavy (non-hydrogen) atoms. The van der Waals surface area contributed by atoms with E-state index >= 15 is 0 Å². The van der Waals surface area contributed by atoms with Gasteiger partial charge in [-0.2, -0.15) is 0 Å². The lowest BCUT2D eigenvalue weighted by molar-refractivity contribution is 0.0696. The number of carbonyl (C=O) groups is 2. The van der Waals surface area contributed by atoms with E-state index in [1.54, 1.807) is 19.1 Å². The lowest BCUT2D eigenvalue weighted by atomic mass is 10.00. The number of aromatic nitrogens is 1. The van der Waals surface area contributed by atoms with Crippen LogP contribution < -0.4 is 11.1 Å². The topological polar surface area (TPSA) is 102 Å². The molecule has 7 nitrogen and oxygen atoms in total. The van der Waals surface area contributed by atoms with Crippen molar-refractivity contribution in [3.63, 3.8) is 0 Å². The van der Waals surface area contributed by atoms with Crippen molar-refractivity contribution in [1.29, 1.82) is 0 Å². The fourth-order valence-electron chi connectivity index (χ4n) is 5.20. The first-order chi connectivity index (χ1) is 20.7. The number of hydrogen-bond donors (Lipinski definition) is 2. The maximum Gasteiger partial charge on any atom is 0.420 e. The maximum absolute atomic E-state index is 14.1. The van der Waals surface area contributed by atoms with Gasteiger partial charge in [0, 0.05) is 6.07 Å². The molecule has 0 saturated heterocycles. The summed E-state index contributed by atoms with van der Waals surface area (Å²) in [6, 6.07) is 25.1. The molecule has 9 heteroatoms. The van der Waals surface area contributed by atoms with Crippen molar-refractivity contribution in [3.05, 3.63) is 142 Å². The van der Waals surface area contributed by atoms with Gasteiger partial charge in [0.05, 0.1) is 23.7 Å². The van der Waals surface area contributed by atoms with Gasteiger partial charge in [-0.25, -0.2) is 18.4 Å². The van der Waals surface area contributed by atoms with E-state index in [1.807, 2.05) is 42.5 Å². The zero-order chi connectivity index (χ0) is 30.2. The zero-order valence-corrected chi connectivity index (χ0v) is 22.8. The van der Waals surface area contributed by atoms with Crippen molar-refractivity contribution in [2.45, 2.75) is 19.5 Å². The predicted molar refractivity (Wildman–Crippen MR) is 158 cm³/mol. The SMILES string of the molecule is C[C@H](NC(=O)c1cc(-c2cc(F)cc(F)c2)cc2oc(=O)n(Cc3ccc4ccccc4c3)c12)c1ccc(C(=O)O)cc1. The van der Waals surface area contributed by atoms with Gasteiger partial charge in [-0.05, 0) is 82.4 Å². The van der Waals surface area contributed by atoms with Crippen molar-refractivity contribution in [3.8, 4) is 11.1 Å². The van der Waals surface area contributed by atoms with Crippen LogP contribution in [-0.4, -0.2) is 21.6 Å². The molecular formula is C34H24F2N2O5. The monoisotopic (exact) mass is 578 g/mol. The Morgan fingerprint density at radius 1 is 0.860 bits per heavy atom. The van der Waals surface area contributed by atoms with Crippen molar-refractivity contribution in [2.75, 3.05) is 0 Å². The second-order valence-corrected chi connectivity index (χ2v) is 10.3. The number of halogens is 2. The van der Waals surface area contributed by atoms with E-state index in [1.165, 1.54) is 28.8 Å². The number of carboxylic acids is 1. The molecule has 0 spiro atoms. The number of hydrogen-bond acceptors (Lipinski definition) is 4. The number of amides is 1. The summed E-state index contributed by atoms with van der Waals surface area (Å²) in [6.45, 7) is 1.84. The molecule has 214 valence electrons. The maximum atomic E-state index is 14.1. The molecule has 2 N–H and O–H groups in total. The van der Waals surface area contributed by atoms with E-state index < -0.39 is 35.3 Å². The molecule has 0 bridgehead atoms. The molecule has 0 radical (unpaired) electrons. The molecule has 1 amide bonds. The normalized spacial score (nSPS) is 12.0. The van der Waals surface area contributed by atoms with Crippen LogP contribution in [0.15, 0.2) is 106 Å². The van der Waals surface area contributed by atoms with Gasteiger partial charge in [-0.15, -0.1) is 0 Å². The minimum Gasteiger partial charge on any atom is -0.478 e. The minimum atomic E-state index is -1.07. The number of oxazole rings is 1. The van der Waals surface area contributed by atoms with E-state index in [-0.39, 0.29) is 39.9 Å². The third-order valence-electron chi connectivity index (χ3n) is 7.36. The Labute approximate surface area is 243 Å². The first-order valence-corrected chi connectivity index (χ1v) is 13.4. The van der Waals surface area contributed by atoms with Gasteiger partial charge in [0.2, 0.25) is 0 Å². The van der Waals surface area contributed by atoms with Crippen molar-refractivity contribution in [1.82, 2.24) is 9.88 Å². The van der Waals surface area contributed by atoms with Crippen LogP contribution in [0.5, 0.6) is 0 Å². The number of aromatic carboxylic acids is 1. The standard InChI is InChI=1S/C34H24F2N2O5/c1-19(21-8-10-23(11-9-21)33(40)41)37-32(39)29-15-26(25-13-27(35)17-28(36)14-25)16-30-31(29)38(34(42)43-30)18-20-6-7-22-4-2-3-5-24(22)12-20/h2-17,19H,18H2,1H3,(H,37,39)(H,40,41)/t19-/m0/s1. The van der Waals surface area contributed by atoms with Gasteiger partial charge in [0.1, 0.15) is 17.2 Å². The fourth-order valence-corrected chi connectivity index (χ4v) is 5.20. The third kappa shape index (κ3) is 5.52. The number of nitrogens with one attached hydrogen (secondary N) is 1. The molecule has 1 atom stereocenters. The molecule has 0 aliphatic heterocycles. The molecule has 6 aromatic rings. The number of rotatable bonds is 7. The highest BCUT2D eigenvalue weighted by Crippen LogP contribution is 2.30. The Morgan fingerprint density at radius 3 is 2.23 bits per heavy atom. The van der Waals surface area contributed by atoms with Gasteiger partial charge in [-0.3, -0.25) is 9.36 Å². The van der Waals surface area contributed by atoms with E-state index in [2.05, 4.69) is 5.32 Å². The van der Waals surface area contributed by atoms with Crippen LogP contribution in [0.25, 0.3) is 33.0 Å². The van der Waals surface area contributed by atoms with Crippen LogP contribution in [0.4, 0.5) is 8.78 Å². The molecule has 0 fully saturated rings. The molecule has 0 aliphatic carbocycles. The summed E-state index contributed by atoms with van der Waals surface area (Å²) in [5.41, 5.74) is 2.38. The zero-order valence-electron chi connectivity index (χ0n) is 22.8. The summed E-state index contributed by atoms with van der Waals surface area (Å²) in [6.07, 6.45) is 0. The molecule has 0 unspecified atom stereocenters. The van der Waals surface area contributed by atoms with E-state index in [0.717, 1.165) is 34.5 Å². The molecule has 0 aliphatic rings. The van der Waals surface area contributed by atoms with Gasteiger partial charge < -0.3 is 14.8 Å².